The number of benzene rings is 1. The Labute approximate surface area is 184 Å². The van der Waals surface area contributed by atoms with E-state index in [9.17, 15) is 9.59 Å². The van der Waals surface area contributed by atoms with Crippen molar-refractivity contribution >= 4 is 30.3 Å². The molecule has 3 aliphatic rings. The lowest BCUT2D eigenvalue weighted by molar-refractivity contribution is -0.122. The van der Waals surface area contributed by atoms with E-state index in [1.165, 1.54) is 0 Å². The van der Waals surface area contributed by atoms with Crippen LogP contribution in [0.25, 0.3) is 0 Å². The lowest BCUT2D eigenvalue weighted by atomic mass is 9.70. The standard InChI is InChI=1S/C23H33BN2O5/c1-20(2,3)29-19(28)26-13-11-23(12-14-26)15-9-8-10-16(17(15)25-18(23)27)24-30-21(4,5)22(6,7)31-24/h8-10H,11-14H2,1-7H3,(H,25,27). The summed E-state index contributed by atoms with van der Waals surface area (Å²) >= 11 is 0. The third-order valence-corrected chi connectivity index (χ3v) is 7.06. The third-order valence-electron chi connectivity index (χ3n) is 7.06. The van der Waals surface area contributed by atoms with Crippen LogP contribution in [0.5, 0.6) is 0 Å². The summed E-state index contributed by atoms with van der Waals surface area (Å²) in [5.41, 5.74) is 0.495. The fourth-order valence-electron chi connectivity index (χ4n) is 4.52. The predicted octanol–water partition coefficient (Wildman–Crippen LogP) is 3.21. The molecule has 0 saturated carbocycles. The van der Waals surface area contributed by atoms with Crippen molar-refractivity contribution in [2.75, 3.05) is 18.4 Å². The first-order valence-corrected chi connectivity index (χ1v) is 11.0. The highest BCUT2D eigenvalue weighted by molar-refractivity contribution is 6.64. The first-order chi connectivity index (χ1) is 14.3. The third kappa shape index (κ3) is 3.63. The number of piperidine rings is 1. The van der Waals surface area contributed by atoms with Crippen molar-refractivity contribution in [1.29, 1.82) is 0 Å². The quantitative estimate of drug-likeness (QED) is 0.696. The Hall–Kier alpha value is -2.06. The number of likely N-dealkylation sites (tertiary alicyclic amines) is 1. The molecule has 8 heteroatoms. The van der Waals surface area contributed by atoms with Gasteiger partial charge in [0.25, 0.3) is 0 Å². The van der Waals surface area contributed by atoms with Crippen LogP contribution >= 0.6 is 0 Å². The average Bonchev–Trinajstić information content (AvgIpc) is 3.03. The summed E-state index contributed by atoms with van der Waals surface area (Å²) in [6, 6.07) is 5.92. The van der Waals surface area contributed by atoms with E-state index in [-0.39, 0.29) is 12.0 Å². The molecule has 0 radical (unpaired) electrons. The first-order valence-electron chi connectivity index (χ1n) is 11.0. The maximum Gasteiger partial charge on any atom is 0.496 e. The van der Waals surface area contributed by atoms with Gasteiger partial charge < -0.3 is 24.3 Å². The molecule has 4 rings (SSSR count). The molecule has 2 saturated heterocycles. The van der Waals surface area contributed by atoms with E-state index in [1.54, 1.807) is 4.90 Å². The summed E-state index contributed by atoms with van der Waals surface area (Å²) in [5.74, 6) is -0.0182. The van der Waals surface area contributed by atoms with Crippen molar-refractivity contribution in [3.63, 3.8) is 0 Å². The van der Waals surface area contributed by atoms with Crippen LogP contribution in [-0.4, -0.2) is 53.9 Å². The smallest absolute Gasteiger partial charge is 0.444 e. The summed E-state index contributed by atoms with van der Waals surface area (Å²) in [6.07, 6.45) is 0.780. The number of para-hydroxylation sites is 1. The van der Waals surface area contributed by atoms with Gasteiger partial charge in [0.15, 0.2) is 0 Å². The normalized spacial score (nSPS) is 23.6. The molecular formula is C23H33BN2O5. The molecule has 1 N–H and O–H groups in total. The van der Waals surface area contributed by atoms with Gasteiger partial charge in [-0.15, -0.1) is 0 Å². The highest BCUT2D eigenvalue weighted by Gasteiger charge is 2.55. The number of amides is 2. The summed E-state index contributed by atoms with van der Waals surface area (Å²) in [5, 5.41) is 3.11. The number of hydrogen-bond acceptors (Lipinski definition) is 5. The largest absolute Gasteiger partial charge is 0.496 e. The number of carbonyl (C=O) groups is 2. The Bertz CT molecular complexity index is 897. The molecular weight excluding hydrogens is 395 g/mol. The van der Waals surface area contributed by atoms with Gasteiger partial charge in [-0.05, 0) is 66.9 Å². The Morgan fingerprint density at radius 3 is 2.23 bits per heavy atom. The van der Waals surface area contributed by atoms with Crippen LogP contribution in [0.2, 0.25) is 0 Å². The molecule has 1 spiro atoms. The minimum atomic E-state index is -0.645. The number of ether oxygens (including phenoxy) is 1. The Morgan fingerprint density at radius 1 is 1.10 bits per heavy atom. The number of anilines is 1. The van der Waals surface area contributed by atoms with E-state index in [4.69, 9.17) is 14.0 Å². The second-order valence-electron chi connectivity index (χ2n) is 10.9. The molecule has 2 fully saturated rings. The van der Waals surface area contributed by atoms with Crippen molar-refractivity contribution in [3.05, 3.63) is 23.8 Å². The number of hydrogen-bond donors (Lipinski definition) is 1. The van der Waals surface area contributed by atoms with Crippen LogP contribution in [0.3, 0.4) is 0 Å². The fourth-order valence-corrected chi connectivity index (χ4v) is 4.52. The van der Waals surface area contributed by atoms with Crippen molar-refractivity contribution < 1.29 is 23.6 Å². The molecule has 1 aromatic carbocycles. The van der Waals surface area contributed by atoms with Crippen LogP contribution in [0.4, 0.5) is 10.5 Å². The van der Waals surface area contributed by atoms with Crippen LogP contribution < -0.4 is 10.8 Å². The van der Waals surface area contributed by atoms with Crippen molar-refractivity contribution in [2.24, 2.45) is 0 Å². The number of nitrogens with zero attached hydrogens (tertiary/aromatic N) is 1. The highest BCUT2D eigenvalue weighted by Crippen LogP contribution is 2.45. The first kappa shape index (κ1) is 22.2. The lowest BCUT2D eigenvalue weighted by Crippen LogP contribution is -2.49. The van der Waals surface area contributed by atoms with Gasteiger partial charge >= 0.3 is 13.2 Å². The van der Waals surface area contributed by atoms with Crippen LogP contribution in [0.15, 0.2) is 18.2 Å². The molecule has 3 heterocycles. The molecule has 3 aliphatic heterocycles. The second-order valence-corrected chi connectivity index (χ2v) is 10.9. The Morgan fingerprint density at radius 2 is 1.68 bits per heavy atom. The second kappa shape index (κ2) is 6.97. The molecule has 1 aromatic rings. The monoisotopic (exact) mass is 428 g/mol. The zero-order chi connectivity index (χ0) is 22.8. The molecule has 0 aliphatic carbocycles. The maximum absolute atomic E-state index is 13.2. The number of rotatable bonds is 1. The maximum atomic E-state index is 13.2. The number of carbonyl (C=O) groups excluding carboxylic acids is 2. The molecule has 0 unspecified atom stereocenters. The molecule has 168 valence electrons. The predicted molar refractivity (Wildman–Crippen MR) is 120 cm³/mol. The van der Waals surface area contributed by atoms with E-state index in [1.807, 2.05) is 66.7 Å². The van der Waals surface area contributed by atoms with Crippen molar-refractivity contribution in [1.82, 2.24) is 4.90 Å². The van der Waals surface area contributed by atoms with E-state index >= 15 is 0 Å². The van der Waals surface area contributed by atoms with E-state index in [2.05, 4.69) is 5.32 Å². The number of fused-ring (bicyclic) bond motifs is 2. The van der Waals surface area contributed by atoms with Crippen LogP contribution in [-0.2, 0) is 24.3 Å². The summed E-state index contributed by atoms with van der Waals surface area (Å²) in [4.78, 5) is 27.4. The van der Waals surface area contributed by atoms with Crippen molar-refractivity contribution in [3.8, 4) is 0 Å². The van der Waals surface area contributed by atoms with Gasteiger partial charge in [-0.1, -0.05) is 18.2 Å². The molecule has 0 bridgehead atoms. The zero-order valence-electron chi connectivity index (χ0n) is 19.6. The summed E-state index contributed by atoms with van der Waals surface area (Å²) < 4.78 is 18.0. The SMILES string of the molecule is CC(C)(C)OC(=O)N1CCC2(CC1)C(=O)Nc1c(B3OC(C)(C)C(C)(C)O3)cccc12. The Balaban J connectivity index is 1.58. The van der Waals surface area contributed by atoms with Crippen LogP contribution in [0, 0.1) is 0 Å². The van der Waals surface area contributed by atoms with E-state index < -0.39 is 29.3 Å². The highest BCUT2D eigenvalue weighted by atomic mass is 16.7. The van der Waals surface area contributed by atoms with Gasteiger partial charge in [-0.2, -0.15) is 0 Å². The molecule has 31 heavy (non-hydrogen) atoms. The fraction of sp³-hybridized carbons (Fsp3) is 0.652. The van der Waals surface area contributed by atoms with Gasteiger partial charge in [0.1, 0.15) is 5.60 Å². The van der Waals surface area contributed by atoms with E-state index in [0.717, 1.165) is 16.7 Å². The molecule has 2 amide bonds. The van der Waals surface area contributed by atoms with Crippen LogP contribution in [0.1, 0.15) is 66.9 Å². The van der Waals surface area contributed by atoms with Crippen molar-refractivity contribution in [2.45, 2.75) is 83.5 Å². The topological polar surface area (TPSA) is 77.1 Å². The summed E-state index contributed by atoms with van der Waals surface area (Å²) in [7, 11) is -0.544. The summed E-state index contributed by atoms with van der Waals surface area (Å²) in [6.45, 7) is 14.6. The molecule has 7 nitrogen and oxygen atoms in total. The minimum absolute atomic E-state index is 0.0182. The molecule has 0 atom stereocenters. The molecule has 0 aromatic heterocycles. The van der Waals surface area contributed by atoms with Gasteiger partial charge in [0.05, 0.1) is 16.6 Å². The van der Waals surface area contributed by atoms with Gasteiger partial charge in [0, 0.05) is 24.2 Å². The number of nitrogens with one attached hydrogen (secondary N) is 1. The lowest BCUT2D eigenvalue weighted by Gasteiger charge is -2.38. The average molecular weight is 428 g/mol. The Kier molecular flexibility index (Phi) is 4.98. The van der Waals surface area contributed by atoms with Gasteiger partial charge in [-0.25, -0.2) is 4.79 Å². The minimum Gasteiger partial charge on any atom is -0.444 e. The zero-order valence-corrected chi connectivity index (χ0v) is 19.6. The van der Waals surface area contributed by atoms with Gasteiger partial charge in [0.2, 0.25) is 5.91 Å². The van der Waals surface area contributed by atoms with Gasteiger partial charge in [-0.3, -0.25) is 4.79 Å². The van der Waals surface area contributed by atoms with E-state index in [0.29, 0.717) is 25.9 Å².